The normalized spacial score (nSPS) is 18.4. The number of hydrogen-bond donors (Lipinski definition) is 3. The second-order valence-electron chi connectivity index (χ2n) is 5.09. The molecule has 118 valence electrons. The van der Waals surface area contributed by atoms with E-state index >= 15 is 0 Å². The molecule has 1 heterocycles. The minimum atomic E-state index is -0.639. The van der Waals surface area contributed by atoms with Crippen molar-refractivity contribution in [2.45, 2.75) is 31.8 Å². The Labute approximate surface area is 128 Å². The molecular weight excluding hydrogens is 286 g/mol. The predicted octanol–water partition coefficient (Wildman–Crippen LogP) is 0.861. The predicted molar refractivity (Wildman–Crippen MR) is 79.2 cm³/mol. The number of urea groups is 1. The summed E-state index contributed by atoms with van der Waals surface area (Å²) in [4.78, 5) is 34.3. The highest BCUT2D eigenvalue weighted by Gasteiger charge is 2.29. The summed E-state index contributed by atoms with van der Waals surface area (Å²) in [7, 11) is 1.58. The standard InChI is InChI=1S/C15H19N3O4/c1-9(10-5-3-4-6-12(10)22-2)16-13(19)8-7-11-14(20)18-15(21)17-11/h3-6,9,11H,7-8H2,1-2H3,(H,16,19)(H2,17,18,20,21). The molecule has 0 bridgehead atoms. The number of para-hydroxylation sites is 1. The van der Waals surface area contributed by atoms with Crippen LogP contribution in [-0.4, -0.2) is 31.0 Å². The number of amides is 4. The van der Waals surface area contributed by atoms with Crippen molar-refractivity contribution < 1.29 is 19.1 Å². The third kappa shape index (κ3) is 3.75. The SMILES string of the molecule is COc1ccccc1C(C)NC(=O)CCC1NC(=O)NC1=O. The van der Waals surface area contributed by atoms with Gasteiger partial charge in [-0.2, -0.15) is 0 Å². The molecule has 2 unspecified atom stereocenters. The lowest BCUT2D eigenvalue weighted by Crippen LogP contribution is -2.32. The van der Waals surface area contributed by atoms with Crippen molar-refractivity contribution in [3.63, 3.8) is 0 Å². The van der Waals surface area contributed by atoms with E-state index in [1.165, 1.54) is 0 Å². The molecular formula is C15H19N3O4. The molecule has 1 saturated heterocycles. The summed E-state index contributed by atoms with van der Waals surface area (Å²) in [5.74, 6) is 0.126. The average Bonchev–Trinajstić information content (AvgIpc) is 2.82. The molecule has 0 saturated carbocycles. The topological polar surface area (TPSA) is 96.5 Å². The number of carbonyl (C=O) groups excluding carboxylic acids is 3. The Hall–Kier alpha value is -2.57. The molecule has 0 aromatic heterocycles. The zero-order chi connectivity index (χ0) is 16.1. The Kier molecular flexibility index (Phi) is 4.98. The van der Waals surface area contributed by atoms with E-state index in [1.54, 1.807) is 7.11 Å². The molecule has 2 rings (SSSR count). The monoisotopic (exact) mass is 305 g/mol. The fourth-order valence-corrected chi connectivity index (χ4v) is 2.35. The molecule has 7 nitrogen and oxygen atoms in total. The number of imide groups is 1. The number of ether oxygens (including phenoxy) is 1. The quantitative estimate of drug-likeness (QED) is 0.679. The molecule has 0 radical (unpaired) electrons. The number of nitrogens with one attached hydrogen (secondary N) is 3. The summed E-state index contributed by atoms with van der Waals surface area (Å²) < 4.78 is 5.26. The molecule has 2 atom stereocenters. The molecule has 4 amide bonds. The van der Waals surface area contributed by atoms with Crippen LogP contribution in [0.1, 0.15) is 31.4 Å². The van der Waals surface area contributed by atoms with E-state index in [4.69, 9.17) is 4.74 Å². The van der Waals surface area contributed by atoms with Gasteiger partial charge in [-0.15, -0.1) is 0 Å². The highest BCUT2D eigenvalue weighted by molar-refractivity contribution is 6.04. The summed E-state index contributed by atoms with van der Waals surface area (Å²) in [6.07, 6.45) is 0.417. The first-order valence-electron chi connectivity index (χ1n) is 7.05. The van der Waals surface area contributed by atoms with E-state index in [-0.39, 0.29) is 24.8 Å². The first-order chi connectivity index (χ1) is 10.5. The van der Waals surface area contributed by atoms with Crippen LogP contribution in [0.3, 0.4) is 0 Å². The zero-order valence-corrected chi connectivity index (χ0v) is 12.5. The maximum absolute atomic E-state index is 12.0. The second-order valence-corrected chi connectivity index (χ2v) is 5.09. The molecule has 1 fully saturated rings. The third-order valence-electron chi connectivity index (χ3n) is 3.50. The average molecular weight is 305 g/mol. The molecule has 7 heteroatoms. The molecule has 3 N–H and O–H groups in total. The fourth-order valence-electron chi connectivity index (χ4n) is 2.35. The van der Waals surface area contributed by atoms with Gasteiger partial charge in [-0.05, 0) is 19.4 Å². The van der Waals surface area contributed by atoms with Crippen molar-refractivity contribution in [2.75, 3.05) is 7.11 Å². The van der Waals surface area contributed by atoms with E-state index in [0.29, 0.717) is 5.75 Å². The largest absolute Gasteiger partial charge is 0.496 e. The van der Waals surface area contributed by atoms with Crippen LogP contribution in [-0.2, 0) is 9.59 Å². The lowest BCUT2D eigenvalue weighted by molar-refractivity contribution is -0.122. The summed E-state index contributed by atoms with van der Waals surface area (Å²) >= 11 is 0. The molecule has 1 aliphatic rings. The Morgan fingerprint density at radius 1 is 1.36 bits per heavy atom. The van der Waals surface area contributed by atoms with Crippen molar-refractivity contribution in [2.24, 2.45) is 0 Å². The van der Waals surface area contributed by atoms with E-state index in [0.717, 1.165) is 5.56 Å². The van der Waals surface area contributed by atoms with Gasteiger partial charge in [0.25, 0.3) is 5.91 Å². The van der Waals surface area contributed by atoms with Gasteiger partial charge >= 0.3 is 6.03 Å². The molecule has 0 spiro atoms. The lowest BCUT2D eigenvalue weighted by atomic mass is 10.1. The van der Waals surface area contributed by atoms with Crippen molar-refractivity contribution in [3.05, 3.63) is 29.8 Å². The Morgan fingerprint density at radius 3 is 2.73 bits per heavy atom. The first kappa shape index (κ1) is 15.8. The van der Waals surface area contributed by atoms with Gasteiger partial charge in [0, 0.05) is 12.0 Å². The number of carbonyl (C=O) groups is 3. The molecule has 0 aliphatic carbocycles. The number of methoxy groups -OCH3 is 1. The fraction of sp³-hybridized carbons (Fsp3) is 0.400. The van der Waals surface area contributed by atoms with Crippen molar-refractivity contribution in [1.29, 1.82) is 0 Å². The molecule has 1 aromatic carbocycles. The van der Waals surface area contributed by atoms with Gasteiger partial charge in [0.15, 0.2) is 0 Å². The number of benzene rings is 1. The maximum atomic E-state index is 12.0. The van der Waals surface area contributed by atoms with Crippen LogP contribution in [0, 0.1) is 0 Å². The summed E-state index contributed by atoms with van der Waals surface area (Å²) in [6, 6.07) is 6.08. The highest BCUT2D eigenvalue weighted by Crippen LogP contribution is 2.24. The van der Waals surface area contributed by atoms with Crippen molar-refractivity contribution in [3.8, 4) is 5.75 Å². The molecule has 1 aromatic rings. The number of hydrogen-bond acceptors (Lipinski definition) is 4. The smallest absolute Gasteiger partial charge is 0.322 e. The zero-order valence-electron chi connectivity index (χ0n) is 12.5. The van der Waals surface area contributed by atoms with Gasteiger partial charge in [-0.25, -0.2) is 4.79 Å². The van der Waals surface area contributed by atoms with Crippen LogP contribution in [0.15, 0.2) is 24.3 Å². The molecule has 1 aliphatic heterocycles. The first-order valence-corrected chi connectivity index (χ1v) is 7.05. The van der Waals surface area contributed by atoms with Crippen LogP contribution in [0.5, 0.6) is 5.75 Å². The maximum Gasteiger partial charge on any atom is 0.322 e. The van der Waals surface area contributed by atoms with Gasteiger partial charge in [0.1, 0.15) is 11.8 Å². The van der Waals surface area contributed by atoms with Gasteiger partial charge in [-0.3, -0.25) is 14.9 Å². The van der Waals surface area contributed by atoms with Crippen molar-refractivity contribution >= 4 is 17.8 Å². The molecule has 22 heavy (non-hydrogen) atoms. The van der Waals surface area contributed by atoms with Crippen LogP contribution < -0.4 is 20.7 Å². The van der Waals surface area contributed by atoms with E-state index in [9.17, 15) is 14.4 Å². The van der Waals surface area contributed by atoms with E-state index < -0.39 is 18.0 Å². The second kappa shape index (κ2) is 6.93. The van der Waals surface area contributed by atoms with E-state index in [1.807, 2.05) is 31.2 Å². The van der Waals surface area contributed by atoms with Crippen molar-refractivity contribution in [1.82, 2.24) is 16.0 Å². The summed E-state index contributed by atoms with van der Waals surface area (Å²) in [6.45, 7) is 1.86. The Morgan fingerprint density at radius 2 is 2.09 bits per heavy atom. The summed E-state index contributed by atoms with van der Waals surface area (Å²) in [5.41, 5.74) is 0.880. The van der Waals surface area contributed by atoms with Crippen LogP contribution >= 0.6 is 0 Å². The minimum absolute atomic E-state index is 0.151. The number of rotatable bonds is 6. The highest BCUT2D eigenvalue weighted by atomic mass is 16.5. The van der Waals surface area contributed by atoms with Crippen LogP contribution in [0.25, 0.3) is 0 Å². The van der Waals surface area contributed by atoms with Crippen LogP contribution in [0.4, 0.5) is 4.79 Å². The van der Waals surface area contributed by atoms with E-state index in [2.05, 4.69) is 16.0 Å². The Bertz CT molecular complexity index is 588. The van der Waals surface area contributed by atoms with Gasteiger partial charge in [0.2, 0.25) is 5.91 Å². The minimum Gasteiger partial charge on any atom is -0.496 e. The third-order valence-corrected chi connectivity index (χ3v) is 3.50. The van der Waals surface area contributed by atoms with Gasteiger partial charge < -0.3 is 15.4 Å². The lowest BCUT2D eigenvalue weighted by Gasteiger charge is -2.17. The van der Waals surface area contributed by atoms with Gasteiger partial charge in [0.05, 0.1) is 13.2 Å². The van der Waals surface area contributed by atoms with Crippen LogP contribution in [0.2, 0.25) is 0 Å². The Balaban J connectivity index is 1.86. The summed E-state index contributed by atoms with van der Waals surface area (Å²) in [5, 5.41) is 7.46. The van der Waals surface area contributed by atoms with Gasteiger partial charge in [-0.1, -0.05) is 18.2 Å².